The summed E-state index contributed by atoms with van der Waals surface area (Å²) in [5.74, 6) is -0.469. The number of anilines is 2. The molecular formula is C14H14FN3O3. The van der Waals surface area contributed by atoms with Crippen LogP contribution in [-0.2, 0) is 4.74 Å². The first-order chi connectivity index (χ1) is 10.1. The first-order valence-electron chi connectivity index (χ1n) is 6.23. The van der Waals surface area contributed by atoms with Crippen LogP contribution in [0.5, 0.6) is 5.75 Å². The van der Waals surface area contributed by atoms with E-state index in [2.05, 4.69) is 20.0 Å². The fourth-order valence-corrected chi connectivity index (χ4v) is 1.60. The Labute approximate surface area is 120 Å². The number of halogens is 1. The lowest BCUT2D eigenvalue weighted by atomic mass is 10.3. The second-order valence-electron chi connectivity index (χ2n) is 3.98. The molecule has 7 heteroatoms. The minimum atomic E-state index is -0.568. The fraction of sp³-hybridized carbons (Fsp3) is 0.214. The predicted octanol–water partition coefficient (Wildman–Crippen LogP) is 2.54. The summed E-state index contributed by atoms with van der Waals surface area (Å²) in [5, 5.41) is 2.88. The maximum absolute atomic E-state index is 13.7. The molecule has 0 aliphatic carbocycles. The Balaban J connectivity index is 2.11. The standard InChI is InChI=1S/C14H14FN3O3/c1-3-21-12-5-4-9(6-10(12)15)18-13-8-16-11(7-17-13)14(19)20-2/h4-8H,3H2,1-2H3,(H,17,18). The molecule has 6 nitrogen and oxygen atoms in total. The third-order valence-corrected chi connectivity index (χ3v) is 2.55. The van der Waals surface area contributed by atoms with Crippen molar-refractivity contribution in [2.75, 3.05) is 19.0 Å². The fourth-order valence-electron chi connectivity index (χ4n) is 1.60. The Morgan fingerprint density at radius 1 is 1.33 bits per heavy atom. The molecule has 0 saturated heterocycles. The van der Waals surface area contributed by atoms with E-state index in [4.69, 9.17) is 4.74 Å². The summed E-state index contributed by atoms with van der Waals surface area (Å²) < 4.78 is 23.3. The molecule has 0 unspecified atom stereocenters. The van der Waals surface area contributed by atoms with Gasteiger partial charge < -0.3 is 14.8 Å². The molecule has 0 spiro atoms. The summed E-state index contributed by atoms with van der Waals surface area (Å²) in [4.78, 5) is 19.1. The van der Waals surface area contributed by atoms with Crippen LogP contribution in [-0.4, -0.2) is 29.7 Å². The molecule has 0 fully saturated rings. The lowest BCUT2D eigenvalue weighted by molar-refractivity contribution is 0.0593. The van der Waals surface area contributed by atoms with Gasteiger partial charge in [0.25, 0.3) is 0 Å². The van der Waals surface area contributed by atoms with Crippen LogP contribution < -0.4 is 10.1 Å². The third-order valence-electron chi connectivity index (χ3n) is 2.55. The number of nitrogens with zero attached hydrogens (tertiary/aromatic N) is 2. The van der Waals surface area contributed by atoms with E-state index in [9.17, 15) is 9.18 Å². The minimum absolute atomic E-state index is 0.0981. The van der Waals surface area contributed by atoms with Gasteiger partial charge in [-0.1, -0.05) is 0 Å². The van der Waals surface area contributed by atoms with E-state index in [1.54, 1.807) is 13.0 Å². The van der Waals surface area contributed by atoms with Crippen molar-refractivity contribution in [1.82, 2.24) is 9.97 Å². The molecule has 0 saturated carbocycles. The van der Waals surface area contributed by atoms with Crippen LogP contribution in [0.15, 0.2) is 30.6 Å². The average molecular weight is 291 g/mol. The van der Waals surface area contributed by atoms with Crippen molar-refractivity contribution in [2.45, 2.75) is 6.92 Å². The van der Waals surface area contributed by atoms with Crippen molar-refractivity contribution in [3.8, 4) is 5.75 Å². The van der Waals surface area contributed by atoms with E-state index in [1.807, 2.05) is 0 Å². The monoisotopic (exact) mass is 291 g/mol. The maximum atomic E-state index is 13.7. The molecule has 2 rings (SSSR count). The number of carbonyl (C=O) groups is 1. The molecule has 2 aromatic rings. The molecule has 1 aromatic carbocycles. The molecule has 0 atom stereocenters. The largest absolute Gasteiger partial charge is 0.491 e. The summed E-state index contributed by atoms with van der Waals surface area (Å²) in [5.41, 5.74) is 0.594. The van der Waals surface area contributed by atoms with Crippen LogP contribution in [0.4, 0.5) is 15.9 Å². The van der Waals surface area contributed by atoms with Crippen molar-refractivity contribution in [3.05, 3.63) is 42.1 Å². The maximum Gasteiger partial charge on any atom is 0.358 e. The highest BCUT2D eigenvalue weighted by molar-refractivity contribution is 5.86. The second-order valence-corrected chi connectivity index (χ2v) is 3.98. The molecule has 0 radical (unpaired) electrons. The number of esters is 1. The van der Waals surface area contributed by atoms with E-state index < -0.39 is 11.8 Å². The lowest BCUT2D eigenvalue weighted by Crippen LogP contribution is -2.05. The van der Waals surface area contributed by atoms with Crippen LogP contribution in [0.1, 0.15) is 17.4 Å². The topological polar surface area (TPSA) is 73.3 Å². The van der Waals surface area contributed by atoms with Crippen LogP contribution in [0.3, 0.4) is 0 Å². The first-order valence-corrected chi connectivity index (χ1v) is 6.23. The molecule has 1 heterocycles. The smallest absolute Gasteiger partial charge is 0.358 e. The van der Waals surface area contributed by atoms with Crippen LogP contribution in [0, 0.1) is 5.82 Å². The molecule has 1 N–H and O–H groups in total. The van der Waals surface area contributed by atoms with Gasteiger partial charge in [0, 0.05) is 11.8 Å². The van der Waals surface area contributed by atoms with Crippen LogP contribution in [0.2, 0.25) is 0 Å². The van der Waals surface area contributed by atoms with E-state index in [0.29, 0.717) is 18.1 Å². The summed E-state index contributed by atoms with van der Waals surface area (Å²) >= 11 is 0. The normalized spacial score (nSPS) is 10.0. The number of hydrogen-bond donors (Lipinski definition) is 1. The summed E-state index contributed by atoms with van der Waals surface area (Å²) in [6.07, 6.45) is 2.64. The van der Waals surface area contributed by atoms with Gasteiger partial charge in [-0.15, -0.1) is 0 Å². The number of hydrogen-bond acceptors (Lipinski definition) is 6. The van der Waals surface area contributed by atoms with Gasteiger partial charge in [0.05, 0.1) is 26.1 Å². The van der Waals surface area contributed by atoms with Crippen LogP contribution in [0.25, 0.3) is 0 Å². The Kier molecular flexibility index (Phi) is 4.65. The van der Waals surface area contributed by atoms with Crippen molar-refractivity contribution in [1.29, 1.82) is 0 Å². The van der Waals surface area contributed by atoms with Gasteiger partial charge in [-0.25, -0.2) is 19.2 Å². The molecule has 1 aromatic heterocycles. The highest BCUT2D eigenvalue weighted by Gasteiger charge is 2.08. The Morgan fingerprint density at radius 2 is 2.14 bits per heavy atom. The Morgan fingerprint density at radius 3 is 2.71 bits per heavy atom. The zero-order chi connectivity index (χ0) is 15.2. The van der Waals surface area contributed by atoms with E-state index in [-0.39, 0.29) is 11.4 Å². The average Bonchev–Trinajstić information content (AvgIpc) is 2.50. The van der Waals surface area contributed by atoms with Crippen molar-refractivity contribution in [2.24, 2.45) is 0 Å². The van der Waals surface area contributed by atoms with Crippen LogP contribution >= 0.6 is 0 Å². The van der Waals surface area contributed by atoms with Gasteiger partial charge in [-0.3, -0.25) is 0 Å². The predicted molar refractivity (Wildman–Crippen MR) is 74.2 cm³/mol. The Hall–Kier alpha value is -2.70. The number of benzene rings is 1. The zero-order valence-corrected chi connectivity index (χ0v) is 11.6. The third kappa shape index (κ3) is 3.65. The highest BCUT2D eigenvalue weighted by Crippen LogP contribution is 2.22. The summed E-state index contributed by atoms with van der Waals surface area (Å²) in [6, 6.07) is 4.47. The number of ether oxygens (including phenoxy) is 2. The molecular weight excluding hydrogens is 277 g/mol. The molecule has 0 amide bonds. The quantitative estimate of drug-likeness (QED) is 0.853. The SMILES string of the molecule is CCOc1ccc(Nc2cnc(C(=O)OC)cn2)cc1F. The number of nitrogens with one attached hydrogen (secondary N) is 1. The van der Waals surface area contributed by atoms with E-state index in [0.717, 1.165) is 0 Å². The van der Waals surface area contributed by atoms with Crippen molar-refractivity contribution < 1.29 is 18.7 Å². The van der Waals surface area contributed by atoms with Gasteiger partial charge in [0.2, 0.25) is 0 Å². The minimum Gasteiger partial charge on any atom is -0.491 e. The molecule has 110 valence electrons. The molecule has 0 aliphatic rings. The highest BCUT2D eigenvalue weighted by atomic mass is 19.1. The number of methoxy groups -OCH3 is 1. The number of aromatic nitrogens is 2. The zero-order valence-electron chi connectivity index (χ0n) is 11.6. The summed E-state index contributed by atoms with van der Waals surface area (Å²) in [7, 11) is 1.26. The van der Waals surface area contributed by atoms with Gasteiger partial charge in [-0.05, 0) is 19.1 Å². The Bertz CT molecular complexity index is 632. The number of rotatable bonds is 5. The van der Waals surface area contributed by atoms with Gasteiger partial charge >= 0.3 is 5.97 Å². The van der Waals surface area contributed by atoms with E-state index >= 15 is 0 Å². The van der Waals surface area contributed by atoms with Gasteiger partial charge in [0.1, 0.15) is 5.82 Å². The summed E-state index contributed by atoms with van der Waals surface area (Å²) in [6.45, 7) is 2.17. The lowest BCUT2D eigenvalue weighted by Gasteiger charge is -2.08. The molecule has 0 aliphatic heterocycles. The van der Waals surface area contributed by atoms with Crippen molar-refractivity contribution in [3.63, 3.8) is 0 Å². The molecule has 0 bridgehead atoms. The van der Waals surface area contributed by atoms with Crippen molar-refractivity contribution >= 4 is 17.5 Å². The van der Waals surface area contributed by atoms with Gasteiger partial charge in [-0.2, -0.15) is 0 Å². The van der Waals surface area contributed by atoms with E-state index in [1.165, 1.54) is 31.6 Å². The first kappa shape index (κ1) is 14.7. The molecule has 21 heavy (non-hydrogen) atoms. The van der Waals surface area contributed by atoms with Gasteiger partial charge in [0.15, 0.2) is 17.3 Å². The number of carbonyl (C=O) groups excluding carboxylic acids is 1. The second kappa shape index (κ2) is 6.65.